The van der Waals surface area contributed by atoms with Crippen molar-refractivity contribution in [1.29, 1.82) is 0 Å². The molecule has 1 amide bonds. The van der Waals surface area contributed by atoms with Crippen LogP contribution in [0.25, 0.3) is 11.0 Å². The summed E-state index contributed by atoms with van der Waals surface area (Å²) < 4.78 is 5.86. The number of hydrogen-bond donors (Lipinski definition) is 1. The van der Waals surface area contributed by atoms with Gasteiger partial charge in [0.25, 0.3) is 5.91 Å². The number of aromatic amines is 1. The van der Waals surface area contributed by atoms with Crippen molar-refractivity contribution in [2.24, 2.45) is 5.92 Å². The van der Waals surface area contributed by atoms with Crippen molar-refractivity contribution in [3.05, 3.63) is 30.1 Å². The Bertz CT molecular complexity index is 805. The third-order valence-corrected chi connectivity index (χ3v) is 6.37. The van der Waals surface area contributed by atoms with E-state index in [0.717, 1.165) is 68.2 Å². The standard InChI is InChI=1S/C20H26N4O2/c25-19(16-3-4-17-18(11-16)22-14-21-17)23-7-5-20(6-8-23)13-26-10-9-24(20)12-15-1-2-15/h3-4,11,14-15H,1-2,5-10,12-13H2,(H,21,22). The number of hydrogen-bond acceptors (Lipinski definition) is 4. The fraction of sp³-hybridized carbons (Fsp3) is 0.600. The zero-order valence-corrected chi connectivity index (χ0v) is 15.1. The number of H-pyrrole nitrogens is 1. The summed E-state index contributed by atoms with van der Waals surface area (Å²) in [6, 6.07) is 5.72. The number of morpholine rings is 1. The maximum atomic E-state index is 13.0. The average Bonchev–Trinajstić information content (AvgIpc) is 3.37. The second-order valence-electron chi connectivity index (χ2n) is 8.09. The Balaban J connectivity index is 1.28. The number of fused-ring (bicyclic) bond motifs is 1. The van der Waals surface area contributed by atoms with E-state index in [1.807, 2.05) is 23.1 Å². The van der Waals surface area contributed by atoms with Gasteiger partial charge in [0.1, 0.15) is 0 Å². The highest BCUT2D eigenvalue weighted by Crippen LogP contribution is 2.37. The summed E-state index contributed by atoms with van der Waals surface area (Å²) in [5.41, 5.74) is 2.70. The first-order chi connectivity index (χ1) is 12.7. The molecule has 6 heteroatoms. The van der Waals surface area contributed by atoms with Gasteiger partial charge in [0.15, 0.2) is 0 Å². The molecule has 5 rings (SSSR count). The minimum Gasteiger partial charge on any atom is -0.378 e. The third-order valence-electron chi connectivity index (χ3n) is 6.37. The van der Waals surface area contributed by atoms with Crippen LogP contribution in [0.5, 0.6) is 0 Å². The minimum absolute atomic E-state index is 0.127. The topological polar surface area (TPSA) is 61.5 Å². The number of rotatable bonds is 3. The van der Waals surface area contributed by atoms with Crippen LogP contribution in [-0.2, 0) is 4.74 Å². The van der Waals surface area contributed by atoms with Crippen molar-refractivity contribution in [2.75, 3.05) is 39.4 Å². The molecule has 3 aliphatic rings. The Hall–Kier alpha value is -1.92. The van der Waals surface area contributed by atoms with Crippen LogP contribution < -0.4 is 0 Å². The van der Waals surface area contributed by atoms with Crippen LogP contribution in [0.15, 0.2) is 24.5 Å². The summed E-state index contributed by atoms with van der Waals surface area (Å²) in [4.78, 5) is 24.9. The van der Waals surface area contributed by atoms with Gasteiger partial charge in [-0.15, -0.1) is 0 Å². The number of carbonyl (C=O) groups excluding carboxylic acids is 1. The van der Waals surface area contributed by atoms with Gasteiger partial charge in [0.2, 0.25) is 0 Å². The molecule has 2 aromatic rings. The van der Waals surface area contributed by atoms with E-state index in [0.29, 0.717) is 0 Å². The van der Waals surface area contributed by atoms with Crippen LogP contribution in [0.4, 0.5) is 0 Å². The molecule has 0 bridgehead atoms. The molecule has 1 aromatic heterocycles. The predicted molar refractivity (Wildman–Crippen MR) is 99.1 cm³/mol. The number of aromatic nitrogens is 2. The lowest BCUT2D eigenvalue weighted by Gasteiger charge is -2.51. The summed E-state index contributed by atoms with van der Waals surface area (Å²) in [6.07, 6.45) is 6.46. The molecule has 1 N–H and O–H groups in total. The molecule has 3 heterocycles. The Morgan fingerprint density at radius 1 is 1.27 bits per heavy atom. The number of ether oxygens (including phenoxy) is 1. The van der Waals surface area contributed by atoms with Crippen molar-refractivity contribution in [1.82, 2.24) is 19.8 Å². The van der Waals surface area contributed by atoms with E-state index in [4.69, 9.17) is 4.74 Å². The van der Waals surface area contributed by atoms with Gasteiger partial charge >= 0.3 is 0 Å². The fourth-order valence-electron chi connectivity index (χ4n) is 4.50. The van der Waals surface area contributed by atoms with E-state index in [2.05, 4.69) is 14.9 Å². The Morgan fingerprint density at radius 2 is 2.12 bits per heavy atom. The van der Waals surface area contributed by atoms with E-state index >= 15 is 0 Å². The smallest absolute Gasteiger partial charge is 0.253 e. The Kier molecular flexibility index (Phi) is 3.98. The van der Waals surface area contributed by atoms with Gasteiger partial charge in [-0.1, -0.05) is 0 Å². The monoisotopic (exact) mass is 354 g/mol. The van der Waals surface area contributed by atoms with E-state index in [9.17, 15) is 4.79 Å². The second kappa shape index (κ2) is 6.35. The van der Waals surface area contributed by atoms with Gasteiger partial charge < -0.3 is 14.6 Å². The van der Waals surface area contributed by atoms with Crippen LogP contribution in [0.3, 0.4) is 0 Å². The summed E-state index contributed by atoms with van der Waals surface area (Å²) in [7, 11) is 0. The Morgan fingerprint density at radius 3 is 2.92 bits per heavy atom. The predicted octanol–water partition coefficient (Wildman–Crippen LogP) is 2.28. The van der Waals surface area contributed by atoms with Gasteiger partial charge in [-0.25, -0.2) is 4.98 Å². The first-order valence-electron chi connectivity index (χ1n) is 9.79. The van der Waals surface area contributed by atoms with E-state index in [1.54, 1.807) is 6.33 Å². The third kappa shape index (κ3) is 2.91. The first kappa shape index (κ1) is 16.3. The molecule has 2 saturated heterocycles. The highest BCUT2D eigenvalue weighted by atomic mass is 16.5. The van der Waals surface area contributed by atoms with Gasteiger partial charge in [-0.2, -0.15) is 0 Å². The highest BCUT2D eigenvalue weighted by molar-refractivity contribution is 5.97. The van der Waals surface area contributed by atoms with E-state index < -0.39 is 0 Å². The van der Waals surface area contributed by atoms with Crippen LogP contribution >= 0.6 is 0 Å². The molecule has 0 atom stereocenters. The van der Waals surface area contributed by atoms with Gasteiger partial charge in [-0.3, -0.25) is 9.69 Å². The zero-order valence-electron chi connectivity index (χ0n) is 15.1. The van der Waals surface area contributed by atoms with Crippen molar-refractivity contribution in [2.45, 2.75) is 31.2 Å². The quantitative estimate of drug-likeness (QED) is 0.919. The van der Waals surface area contributed by atoms with Crippen LogP contribution in [0.2, 0.25) is 0 Å². The maximum Gasteiger partial charge on any atom is 0.253 e. The first-order valence-corrected chi connectivity index (χ1v) is 9.79. The van der Waals surface area contributed by atoms with Crippen molar-refractivity contribution < 1.29 is 9.53 Å². The largest absolute Gasteiger partial charge is 0.378 e. The molecule has 6 nitrogen and oxygen atoms in total. The number of piperidine rings is 1. The summed E-state index contributed by atoms with van der Waals surface area (Å²) in [5.74, 6) is 1.02. The molecular formula is C20H26N4O2. The molecular weight excluding hydrogens is 328 g/mol. The number of imidazole rings is 1. The lowest BCUT2D eigenvalue weighted by molar-refractivity contribution is -0.0932. The number of carbonyl (C=O) groups is 1. The lowest BCUT2D eigenvalue weighted by atomic mass is 9.85. The molecule has 1 aromatic carbocycles. The van der Waals surface area contributed by atoms with Crippen LogP contribution in [0.1, 0.15) is 36.0 Å². The van der Waals surface area contributed by atoms with E-state index in [-0.39, 0.29) is 11.4 Å². The minimum atomic E-state index is 0.127. The van der Waals surface area contributed by atoms with E-state index in [1.165, 1.54) is 19.4 Å². The lowest BCUT2D eigenvalue weighted by Crippen LogP contribution is -2.62. The molecule has 1 aliphatic carbocycles. The molecule has 0 radical (unpaired) electrons. The van der Waals surface area contributed by atoms with Crippen LogP contribution in [0, 0.1) is 5.92 Å². The normalized spacial score (nSPS) is 23.6. The molecule has 1 saturated carbocycles. The SMILES string of the molecule is O=C(c1ccc2nc[nH]c2c1)N1CCC2(CC1)COCCN2CC1CC1. The summed E-state index contributed by atoms with van der Waals surface area (Å²) in [5, 5.41) is 0. The van der Waals surface area contributed by atoms with Gasteiger partial charge in [-0.05, 0) is 49.8 Å². The number of benzene rings is 1. The van der Waals surface area contributed by atoms with Crippen molar-refractivity contribution >= 4 is 16.9 Å². The molecule has 3 fully saturated rings. The maximum absolute atomic E-state index is 13.0. The number of nitrogens with zero attached hydrogens (tertiary/aromatic N) is 3. The fourth-order valence-corrected chi connectivity index (χ4v) is 4.50. The second-order valence-corrected chi connectivity index (χ2v) is 8.09. The molecule has 1 spiro atoms. The van der Waals surface area contributed by atoms with Crippen molar-refractivity contribution in [3.63, 3.8) is 0 Å². The van der Waals surface area contributed by atoms with Gasteiger partial charge in [0.05, 0.1) is 30.6 Å². The van der Waals surface area contributed by atoms with Gasteiger partial charge in [0, 0.05) is 37.3 Å². The average molecular weight is 354 g/mol. The van der Waals surface area contributed by atoms with Crippen molar-refractivity contribution in [3.8, 4) is 0 Å². The summed E-state index contributed by atoms with van der Waals surface area (Å²) >= 11 is 0. The number of nitrogens with one attached hydrogen (secondary N) is 1. The number of amides is 1. The van der Waals surface area contributed by atoms with Crippen LogP contribution in [-0.4, -0.2) is 70.6 Å². The molecule has 0 unspecified atom stereocenters. The summed E-state index contributed by atoms with van der Waals surface area (Å²) in [6.45, 7) is 5.55. The Labute approximate surface area is 153 Å². The molecule has 138 valence electrons. The number of likely N-dealkylation sites (tertiary alicyclic amines) is 1. The zero-order chi connectivity index (χ0) is 17.6. The highest BCUT2D eigenvalue weighted by Gasteiger charge is 2.44. The molecule has 2 aliphatic heterocycles. The molecule has 26 heavy (non-hydrogen) atoms.